The molecule has 1 saturated carbocycles. The SMILES string of the molecule is COC1(c2noc(C3CSCC3O)n2)CCCC1. The minimum Gasteiger partial charge on any atom is -0.391 e. The second-order valence-electron chi connectivity index (χ2n) is 5.07. The molecule has 3 rings (SSSR count). The van der Waals surface area contributed by atoms with Crippen LogP contribution in [-0.2, 0) is 10.3 Å². The van der Waals surface area contributed by atoms with Crippen molar-refractivity contribution >= 4 is 11.8 Å². The van der Waals surface area contributed by atoms with E-state index in [4.69, 9.17) is 9.26 Å². The highest BCUT2D eigenvalue weighted by Gasteiger charge is 2.41. The fourth-order valence-corrected chi connectivity index (χ4v) is 4.04. The van der Waals surface area contributed by atoms with Crippen molar-refractivity contribution in [3.05, 3.63) is 11.7 Å². The number of aromatic nitrogens is 2. The van der Waals surface area contributed by atoms with Gasteiger partial charge in [0.05, 0.1) is 12.0 Å². The Balaban J connectivity index is 1.84. The standard InChI is InChI=1S/C12H18N2O3S/c1-16-12(4-2-3-5-12)11-13-10(17-14-11)8-6-18-7-9(8)15/h8-9,15H,2-7H2,1H3. The first-order chi connectivity index (χ1) is 8.75. The van der Waals surface area contributed by atoms with Crippen LogP contribution in [0, 0.1) is 0 Å². The van der Waals surface area contributed by atoms with Gasteiger partial charge in [0.1, 0.15) is 5.60 Å². The molecule has 0 amide bonds. The van der Waals surface area contributed by atoms with Crippen LogP contribution in [0.5, 0.6) is 0 Å². The summed E-state index contributed by atoms with van der Waals surface area (Å²) in [7, 11) is 1.71. The van der Waals surface area contributed by atoms with Crippen LogP contribution in [0.3, 0.4) is 0 Å². The number of nitrogens with zero attached hydrogens (tertiary/aromatic N) is 2. The maximum atomic E-state index is 9.86. The van der Waals surface area contributed by atoms with E-state index in [0.29, 0.717) is 11.7 Å². The lowest BCUT2D eigenvalue weighted by molar-refractivity contribution is -0.0178. The normalized spacial score (nSPS) is 31.0. The van der Waals surface area contributed by atoms with Gasteiger partial charge in [-0.2, -0.15) is 16.7 Å². The van der Waals surface area contributed by atoms with Gasteiger partial charge in [-0.05, 0) is 25.7 Å². The van der Waals surface area contributed by atoms with Crippen molar-refractivity contribution in [3.63, 3.8) is 0 Å². The minimum atomic E-state index is -0.370. The van der Waals surface area contributed by atoms with Crippen molar-refractivity contribution in [2.75, 3.05) is 18.6 Å². The molecule has 18 heavy (non-hydrogen) atoms. The molecular formula is C12H18N2O3S. The Hall–Kier alpha value is -0.590. The molecule has 0 radical (unpaired) electrons. The van der Waals surface area contributed by atoms with E-state index in [1.54, 1.807) is 18.9 Å². The molecule has 1 aromatic heterocycles. The highest BCUT2D eigenvalue weighted by Crippen LogP contribution is 2.41. The lowest BCUT2D eigenvalue weighted by atomic mass is 10.0. The second kappa shape index (κ2) is 4.83. The second-order valence-corrected chi connectivity index (χ2v) is 6.15. The Morgan fingerprint density at radius 3 is 2.78 bits per heavy atom. The number of ether oxygens (including phenoxy) is 1. The van der Waals surface area contributed by atoms with Crippen LogP contribution in [0.4, 0.5) is 0 Å². The number of rotatable bonds is 3. The molecule has 1 aliphatic carbocycles. The van der Waals surface area contributed by atoms with Crippen molar-refractivity contribution in [2.24, 2.45) is 0 Å². The van der Waals surface area contributed by atoms with Crippen LogP contribution >= 0.6 is 11.8 Å². The lowest BCUT2D eigenvalue weighted by Gasteiger charge is -2.22. The molecule has 1 saturated heterocycles. The highest BCUT2D eigenvalue weighted by molar-refractivity contribution is 7.99. The van der Waals surface area contributed by atoms with E-state index >= 15 is 0 Å². The number of methoxy groups -OCH3 is 1. The van der Waals surface area contributed by atoms with Crippen LogP contribution < -0.4 is 0 Å². The van der Waals surface area contributed by atoms with Crippen LogP contribution in [0.1, 0.15) is 43.3 Å². The van der Waals surface area contributed by atoms with Gasteiger partial charge < -0.3 is 14.4 Å². The third kappa shape index (κ3) is 1.96. The zero-order valence-corrected chi connectivity index (χ0v) is 11.3. The van der Waals surface area contributed by atoms with Crippen LogP contribution in [0.15, 0.2) is 4.52 Å². The summed E-state index contributed by atoms with van der Waals surface area (Å²) in [5, 5.41) is 13.9. The summed E-state index contributed by atoms with van der Waals surface area (Å²) in [6.07, 6.45) is 3.80. The predicted octanol–water partition coefficient (Wildman–Crippen LogP) is 1.68. The summed E-state index contributed by atoms with van der Waals surface area (Å²) in [6.45, 7) is 0. The van der Waals surface area contributed by atoms with Gasteiger partial charge in [-0.25, -0.2) is 0 Å². The fourth-order valence-electron chi connectivity index (χ4n) is 2.81. The lowest BCUT2D eigenvalue weighted by Crippen LogP contribution is -2.26. The number of hydrogen-bond acceptors (Lipinski definition) is 6. The molecule has 2 unspecified atom stereocenters. The van der Waals surface area contributed by atoms with Gasteiger partial charge in [-0.15, -0.1) is 0 Å². The van der Waals surface area contributed by atoms with Gasteiger partial charge in [-0.1, -0.05) is 5.16 Å². The Morgan fingerprint density at radius 1 is 1.39 bits per heavy atom. The molecule has 0 bridgehead atoms. The van der Waals surface area contributed by atoms with E-state index in [1.807, 2.05) is 0 Å². The molecule has 0 spiro atoms. The van der Waals surface area contributed by atoms with E-state index < -0.39 is 0 Å². The summed E-state index contributed by atoms with van der Waals surface area (Å²) in [5.74, 6) is 2.79. The van der Waals surface area contributed by atoms with Crippen molar-refractivity contribution in [3.8, 4) is 0 Å². The molecule has 2 heterocycles. The van der Waals surface area contributed by atoms with Gasteiger partial charge in [0.15, 0.2) is 0 Å². The first kappa shape index (κ1) is 12.4. The molecule has 1 N–H and O–H groups in total. The molecular weight excluding hydrogens is 252 g/mol. The number of thioether (sulfide) groups is 1. The zero-order chi connectivity index (χ0) is 12.6. The third-order valence-electron chi connectivity index (χ3n) is 4.02. The van der Waals surface area contributed by atoms with E-state index in [9.17, 15) is 5.11 Å². The van der Waals surface area contributed by atoms with Crippen molar-refractivity contribution < 1.29 is 14.4 Å². The zero-order valence-electron chi connectivity index (χ0n) is 10.5. The maximum Gasteiger partial charge on any atom is 0.233 e. The monoisotopic (exact) mass is 270 g/mol. The molecule has 1 aliphatic heterocycles. The van der Waals surface area contributed by atoms with E-state index in [2.05, 4.69) is 10.1 Å². The third-order valence-corrected chi connectivity index (χ3v) is 5.19. The summed E-state index contributed by atoms with van der Waals surface area (Å²) in [5.41, 5.74) is -0.363. The average Bonchev–Trinajstić information content (AvgIpc) is 3.08. The maximum absolute atomic E-state index is 9.86. The van der Waals surface area contributed by atoms with Crippen LogP contribution in [-0.4, -0.2) is 40.0 Å². The molecule has 2 aliphatic rings. The first-order valence-corrected chi connectivity index (χ1v) is 7.56. The van der Waals surface area contributed by atoms with Crippen LogP contribution in [0.2, 0.25) is 0 Å². The Morgan fingerprint density at radius 2 is 2.17 bits per heavy atom. The molecule has 5 nitrogen and oxygen atoms in total. The van der Waals surface area contributed by atoms with Gasteiger partial charge in [-0.3, -0.25) is 0 Å². The molecule has 2 fully saturated rings. The predicted molar refractivity (Wildman–Crippen MR) is 67.5 cm³/mol. The van der Waals surface area contributed by atoms with Crippen molar-refractivity contribution in [2.45, 2.75) is 43.3 Å². The number of aliphatic hydroxyl groups is 1. The fraction of sp³-hybridized carbons (Fsp3) is 0.833. The van der Waals surface area contributed by atoms with Gasteiger partial charge in [0.25, 0.3) is 0 Å². The van der Waals surface area contributed by atoms with E-state index in [0.717, 1.165) is 37.2 Å². The van der Waals surface area contributed by atoms with Crippen molar-refractivity contribution in [1.82, 2.24) is 10.1 Å². The number of aliphatic hydroxyl groups excluding tert-OH is 1. The van der Waals surface area contributed by atoms with Gasteiger partial charge in [0, 0.05) is 18.6 Å². The van der Waals surface area contributed by atoms with E-state index in [-0.39, 0.29) is 17.6 Å². The average molecular weight is 270 g/mol. The summed E-state index contributed by atoms with van der Waals surface area (Å²) in [4.78, 5) is 4.49. The Labute approximate surface area is 110 Å². The van der Waals surface area contributed by atoms with Crippen LogP contribution in [0.25, 0.3) is 0 Å². The molecule has 1 aromatic rings. The minimum absolute atomic E-state index is 0.0217. The Bertz CT molecular complexity index is 417. The largest absolute Gasteiger partial charge is 0.391 e. The Kier molecular flexibility index (Phi) is 3.34. The summed E-state index contributed by atoms with van der Waals surface area (Å²) < 4.78 is 11.0. The topological polar surface area (TPSA) is 68.4 Å². The summed E-state index contributed by atoms with van der Waals surface area (Å²) >= 11 is 1.72. The van der Waals surface area contributed by atoms with E-state index in [1.165, 1.54) is 0 Å². The molecule has 6 heteroatoms. The van der Waals surface area contributed by atoms with Crippen molar-refractivity contribution in [1.29, 1.82) is 0 Å². The smallest absolute Gasteiger partial charge is 0.233 e. The molecule has 2 atom stereocenters. The first-order valence-electron chi connectivity index (χ1n) is 6.40. The molecule has 100 valence electrons. The number of hydrogen-bond donors (Lipinski definition) is 1. The summed E-state index contributed by atoms with van der Waals surface area (Å²) in [6, 6.07) is 0. The van der Waals surface area contributed by atoms with Gasteiger partial charge >= 0.3 is 0 Å². The molecule has 0 aromatic carbocycles. The highest BCUT2D eigenvalue weighted by atomic mass is 32.2. The quantitative estimate of drug-likeness (QED) is 0.901. The van der Waals surface area contributed by atoms with Gasteiger partial charge in [0.2, 0.25) is 11.7 Å².